The van der Waals surface area contributed by atoms with Crippen molar-refractivity contribution in [1.29, 1.82) is 0 Å². The maximum absolute atomic E-state index is 12.9. The number of nitrogens with zero attached hydrogens (tertiary/aromatic N) is 2. The Hall–Kier alpha value is -3.07. The molecule has 0 aliphatic carbocycles. The van der Waals surface area contributed by atoms with Crippen LogP contribution in [0.25, 0.3) is 5.57 Å². The van der Waals surface area contributed by atoms with Gasteiger partial charge < -0.3 is 15.5 Å². The van der Waals surface area contributed by atoms with Crippen LogP contribution in [-0.4, -0.2) is 41.5 Å². The fourth-order valence-electron chi connectivity index (χ4n) is 3.74. The summed E-state index contributed by atoms with van der Waals surface area (Å²) in [6.07, 6.45) is -0.443. The van der Waals surface area contributed by atoms with Gasteiger partial charge >= 0.3 is 12.2 Å². The van der Waals surface area contributed by atoms with E-state index in [0.717, 1.165) is 11.6 Å². The number of nitrogens with one attached hydrogen (secondary N) is 2. The third kappa shape index (κ3) is 5.88. The van der Waals surface area contributed by atoms with E-state index in [-0.39, 0.29) is 17.4 Å². The number of likely N-dealkylation sites (N-methyl/N-ethyl adjacent to an activating group) is 1. The predicted molar refractivity (Wildman–Crippen MR) is 126 cm³/mol. The number of pyridine rings is 1. The fourth-order valence-corrected chi connectivity index (χ4v) is 4.03. The molecule has 0 spiro atoms. The highest BCUT2D eigenvalue weighted by Crippen LogP contribution is 2.33. The minimum Gasteiger partial charge on any atom is -0.356 e. The lowest BCUT2D eigenvalue weighted by atomic mass is 9.99. The zero-order valence-electron chi connectivity index (χ0n) is 19.1. The van der Waals surface area contributed by atoms with E-state index in [1.165, 1.54) is 19.1 Å². The molecule has 1 aliphatic rings. The summed E-state index contributed by atoms with van der Waals surface area (Å²) < 4.78 is 38.8. The molecule has 1 aliphatic heterocycles. The minimum absolute atomic E-state index is 0.0387. The Morgan fingerprint density at radius 3 is 2.56 bits per heavy atom. The molecular weight excluding hydrogens is 469 g/mol. The Morgan fingerprint density at radius 1 is 1.26 bits per heavy atom. The summed E-state index contributed by atoms with van der Waals surface area (Å²) >= 11 is 6.45. The molecule has 0 saturated carbocycles. The van der Waals surface area contributed by atoms with Crippen LogP contribution in [0.2, 0.25) is 5.02 Å². The van der Waals surface area contributed by atoms with Gasteiger partial charge in [-0.25, -0.2) is 4.79 Å². The number of benzene rings is 1. The summed E-state index contributed by atoms with van der Waals surface area (Å²) in [7, 11) is 0. The number of halogens is 4. The molecule has 2 heterocycles. The second-order valence-corrected chi connectivity index (χ2v) is 8.51. The van der Waals surface area contributed by atoms with E-state index in [1.807, 2.05) is 13.0 Å². The standard InChI is InChI=1S/C24H26ClF3N4O2/c1-4-29-22(33)15(3)17-12-20(25)21(30-13-17)16-7-9-32(10-8-16)23(34)31-18-5-6-19(14(2)11-18)24(26,27)28/h5-7,11-13,15H,4,8-10H2,1-3H3,(H,29,33)(H,31,34). The summed E-state index contributed by atoms with van der Waals surface area (Å²) in [5.74, 6) is -0.484. The second-order valence-electron chi connectivity index (χ2n) is 8.10. The maximum atomic E-state index is 12.9. The molecule has 0 saturated heterocycles. The Morgan fingerprint density at radius 2 is 2.00 bits per heavy atom. The highest BCUT2D eigenvalue weighted by Gasteiger charge is 2.32. The van der Waals surface area contributed by atoms with Crippen LogP contribution in [0.5, 0.6) is 0 Å². The number of aromatic nitrogens is 1. The summed E-state index contributed by atoms with van der Waals surface area (Å²) in [5.41, 5.74) is 1.81. The Bertz CT molecular complexity index is 1120. The van der Waals surface area contributed by atoms with Crippen molar-refractivity contribution in [3.05, 3.63) is 63.9 Å². The quantitative estimate of drug-likeness (QED) is 0.566. The highest BCUT2D eigenvalue weighted by molar-refractivity contribution is 6.32. The van der Waals surface area contributed by atoms with Gasteiger partial charge in [0.1, 0.15) is 0 Å². The van der Waals surface area contributed by atoms with Crippen LogP contribution in [0.1, 0.15) is 48.6 Å². The zero-order valence-corrected chi connectivity index (χ0v) is 19.8. The maximum Gasteiger partial charge on any atom is 0.416 e. The molecule has 6 nitrogen and oxygen atoms in total. The average Bonchev–Trinajstić information content (AvgIpc) is 2.78. The van der Waals surface area contributed by atoms with Gasteiger partial charge in [-0.15, -0.1) is 0 Å². The van der Waals surface area contributed by atoms with E-state index in [2.05, 4.69) is 15.6 Å². The SMILES string of the molecule is CCNC(=O)C(C)c1cnc(C2=CCN(C(=O)Nc3ccc(C(F)(F)F)c(C)c3)CC2)c(Cl)c1. The average molecular weight is 495 g/mol. The Kier molecular flexibility index (Phi) is 7.86. The van der Waals surface area contributed by atoms with Gasteiger partial charge in [0.25, 0.3) is 0 Å². The predicted octanol–water partition coefficient (Wildman–Crippen LogP) is 5.62. The molecule has 3 amide bonds. The smallest absolute Gasteiger partial charge is 0.356 e. The number of anilines is 1. The van der Waals surface area contributed by atoms with Gasteiger partial charge in [0, 0.05) is 31.5 Å². The number of hydrogen-bond donors (Lipinski definition) is 2. The van der Waals surface area contributed by atoms with Gasteiger partial charge in [0.15, 0.2) is 0 Å². The van der Waals surface area contributed by atoms with Crippen LogP contribution >= 0.6 is 11.6 Å². The van der Waals surface area contributed by atoms with E-state index in [4.69, 9.17) is 11.6 Å². The normalized spacial score (nSPS) is 14.9. The molecule has 2 N–H and O–H groups in total. The van der Waals surface area contributed by atoms with Crippen molar-refractivity contribution in [3.63, 3.8) is 0 Å². The number of carbonyl (C=O) groups is 2. The second kappa shape index (κ2) is 10.5. The first kappa shape index (κ1) is 25.6. The molecule has 182 valence electrons. The number of amides is 3. The summed E-state index contributed by atoms with van der Waals surface area (Å²) in [6, 6.07) is 4.84. The molecule has 0 bridgehead atoms. The van der Waals surface area contributed by atoms with Crippen LogP contribution in [0.15, 0.2) is 36.5 Å². The van der Waals surface area contributed by atoms with Crippen LogP contribution in [0, 0.1) is 6.92 Å². The molecule has 0 fully saturated rings. The third-order valence-corrected chi connectivity index (χ3v) is 5.98. The number of rotatable bonds is 5. The van der Waals surface area contributed by atoms with Crippen LogP contribution < -0.4 is 10.6 Å². The van der Waals surface area contributed by atoms with Crippen LogP contribution in [-0.2, 0) is 11.0 Å². The summed E-state index contributed by atoms with van der Waals surface area (Å²) in [4.78, 5) is 30.7. The van der Waals surface area contributed by atoms with Crippen LogP contribution in [0.4, 0.5) is 23.7 Å². The van der Waals surface area contributed by atoms with Crippen LogP contribution in [0.3, 0.4) is 0 Å². The van der Waals surface area contributed by atoms with Crippen molar-refractivity contribution in [2.24, 2.45) is 0 Å². The van der Waals surface area contributed by atoms with E-state index in [9.17, 15) is 22.8 Å². The first-order valence-electron chi connectivity index (χ1n) is 10.9. The topological polar surface area (TPSA) is 74.3 Å². The van der Waals surface area contributed by atoms with Gasteiger partial charge in [-0.3, -0.25) is 9.78 Å². The molecule has 10 heteroatoms. The van der Waals surface area contributed by atoms with Gasteiger partial charge in [0.2, 0.25) is 5.91 Å². The lowest BCUT2D eigenvalue weighted by Crippen LogP contribution is -2.38. The van der Waals surface area contributed by atoms with E-state index in [0.29, 0.717) is 48.0 Å². The number of aryl methyl sites for hydroxylation is 1. The number of urea groups is 1. The molecule has 1 aromatic carbocycles. The monoisotopic (exact) mass is 494 g/mol. The number of alkyl halides is 3. The summed E-state index contributed by atoms with van der Waals surface area (Å²) in [6.45, 7) is 6.22. The number of carbonyl (C=O) groups excluding carboxylic acids is 2. The van der Waals surface area contributed by atoms with E-state index in [1.54, 1.807) is 24.1 Å². The van der Waals surface area contributed by atoms with Gasteiger partial charge in [0.05, 0.1) is 22.2 Å². The molecule has 1 atom stereocenters. The molecule has 1 unspecified atom stereocenters. The Balaban J connectivity index is 1.65. The number of hydrogen-bond acceptors (Lipinski definition) is 3. The summed E-state index contributed by atoms with van der Waals surface area (Å²) in [5, 5.41) is 5.85. The minimum atomic E-state index is -4.44. The van der Waals surface area contributed by atoms with E-state index >= 15 is 0 Å². The first-order valence-corrected chi connectivity index (χ1v) is 11.2. The molecular formula is C24H26ClF3N4O2. The van der Waals surface area contributed by atoms with Crippen molar-refractivity contribution in [2.45, 2.75) is 39.3 Å². The molecule has 34 heavy (non-hydrogen) atoms. The highest BCUT2D eigenvalue weighted by atomic mass is 35.5. The third-order valence-electron chi connectivity index (χ3n) is 5.69. The van der Waals surface area contributed by atoms with Crippen molar-refractivity contribution in [3.8, 4) is 0 Å². The van der Waals surface area contributed by atoms with Gasteiger partial charge in [-0.05, 0) is 68.2 Å². The largest absolute Gasteiger partial charge is 0.416 e. The fraction of sp³-hybridized carbons (Fsp3) is 0.375. The van der Waals surface area contributed by atoms with E-state index < -0.39 is 17.8 Å². The Labute approximate surface area is 201 Å². The molecule has 3 rings (SSSR count). The molecule has 1 aromatic heterocycles. The van der Waals surface area contributed by atoms with Gasteiger partial charge in [-0.2, -0.15) is 13.2 Å². The molecule has 2 aromatic rings. The van der Waals surface area contributed by atoms with Gasteiger partial charge in [-0.1, -0.05) is 17.7 Å². The van der Waals surface area contributed by atoms with Crippen molar-refractivity contribution >= 4 is 34.8 Å². The van der Waals surface area contributed by atoms with Crippen molar-refractivity contribution < 1.29 is 22.8 Å². The molecule has 0 radical (unpaired) electrons. The lowest BCUT2D eigenvalue weighted by molar-refractivity contribution is -0.138. The van der Waals surface area contributed by atoms with Crippen molar-refractivity contribution in [1.82, 2.24) is 15.2 Å². The lowest BCUT2D eigenvalue weighted by Gasteiger charge is -2.27. The first-order chi connectivity index (χ1) is 16.0. The van der Waals surface area contributed by atoms with Crippen molar-refractivity contribution in [2.75, 3.05) is 25.0 Å². The zero-order chi connectivity index (χ0) is 25.0.